The van der Waals surface area contributed by atoms with E-state index in [1.807, 2.05) is 6.07 Å². The number of aromatic hydroxyl groups is 1. The molecule has 6 heteroatoms. The maximum atomic E-state index is 12.6. The highest BCUT2D eigenvalue weighted by Gasteiger charge is 2.15. The Morgan fingerprint density at radius 3 is 2.12 bits per heavy atom. The van der Waals surface area contributed by atoms with Crippen molar-refractivity contribution in [3.63, 3.8) is 0 Å². The molecule has 3 aromatic rings. The Morgan fingerprint density at radius 2 is 1.48 bits per heavy atom. The zero-order valence-corrected chi connectivity index (χ0v) is 14.0. The molecule has 0 unspecified atom stereocenters. The quantitative estimate of drug-likeness (QED) is 0.555. The topological polar surface area (TPSA) is 78.8 Å². The first kappa shape index (κ1) is 16.7. The molecule has 0 fully saturated rings. The summed E-state index contributed by atoms with van der Waals surface area (Å²) in [6, 6.07) is 23.4. The Bertz CT molecular complexity index is 985. The monoisotopic (exact) mass is 352 g/mol. The van der Waals surface area contributed by atoms with Gasteiger partial charge in [0, 0.05) is 17.3 Å². The number of hydrogen-bond donors (Lipinski definition) is 2. The zero-order valence-electron chi connectivity index (χ0n) is 13.2. The van der Waals surface area contributed by atoms with Crippen LogP contribution in [0.15, 0.2) is 94.2 Å². The summed E-state index contributed by atoms with van der Waals surface area (Å²) in [5.74, 6) is 0.249. The summed E-state index contributed by atoms with van der Waals surface area (Å²) < 4.78 is 29.2. The molecule has 0 bridgehead atoms. The Hall–Kier alpha value is -3.12. The Morgan fingerprint density at radius 1 is 0.840 bits per heavy atom. The van der Waals surface area contributed by atoms with Crippen LogP contribution >= 0.6 is 0 Å². The minimum Gasteiger partial charge on any atom is -0.508 e. The first-order valence-electron chi connectivity index (χ1n) is 7.56. The van der Waals surface area contributed by atoms with Gasteiger partial charge in [-0.15, -0.1) is 4.40 Å². The van der Waals surface area contributed by atoms with E-state index < -0.39 is 10.0 Å². The lowest BCUT2D eigenvalue weighted by molar-refractivity contribution is 0.475. The maximum Gasteiger partial charge on any atom is 0.284 e. The van der Waals surface area contributed by atoms with Crippen LogP contribution in [0.3, 0.4) is 0 Å². The van der Waals surface area contributed by atoms with Gasteiger partial charge in [0.05, 0.1) is 4.90 Å². The van der Waals surface area contributed by atoms with Crippen LogP contribution < -0.4 is 5.32 Å². The van der Waals surface area contributed by atoms with Crippen molar-refractivity contribution < 1.29 is 13.5 Å². The van der Waals surface area contributed by atoms with E-state index in [-0.39, 0.29) is 16.5 Å². The van der Waals surface area contributed by atoms with Gasteiger partial charge in [-0.3, -0.25) is 0 Å². The minimum atomic E-state index is -3.87. The maximum absolute atomic E-state index is 12.6. The third-order valence-electron chi connectivity index (χ3n) is 3.41. The van der Waals surface area contributed by atoms with Crippen molar-refractivity contribution in [1.29, 1.82) is 0 Å². The van der Waals surface area contributed by atoms with E-state index in [0.29, 0.717) is 11.3 Å². The summed E-state index contributed by atoms with van der Waals surface area (Å²) >= 11 is 0. The fourth-order valence-corrected chi connectivity index (χ4v) is 3.23. The lowest BCUT2D eigenvalue weighted by atomic mass is 10.2. The first-order valence-corrected chi connectivity index (χ1v) is 9.00. The molecule has 0 aliphatic rings. The molecule has 0 aliphatic heterocycles. The van der Waals surface area contributed by atoms with Gasteiger partial charge in [-0.2, -0.15) is 8.42 Å². The van der Waals surface area contributed by atoms with Gasteiger partial charge >= 0.3 is 0 Å². The molecule has 0 radical (unpaired) electrons. The van der Waals surface area contributed by atoms with Crippen molar-refractivity contribution in [1.82, 2.24) is 0 Å². The molecule has 2 N–H and O–H groups in total. The Labute approximate surface area is 146 Å². The second kappa shape index (κ2) is 7.19. The van der Waals surface area contributed by atoms with Crippen molar-refractivity contribution in [3.8, 4) is 5.75 Å². The summed E-state index contributed by atoms with van der Waals surface area (Å²) in [4.78, 5) is 0.112. The molecule has 5 nitrogen and oxygen atoms in total. The van der Waals surface area contributed by atoms with Crippen molar-refractivity contribution in [2.45, 2.75) is 4.90 Å². The van der Waals surface area contributed by atoms with E-state index in [4.69, 9.17) is 0 Å². The van der Waals surface area contributed by atoms with E-state index in [1.165, 1.54) is 24.3 Å². The smallest absolute Gasteiger partial charge is 0.284 e. The third-order valence-corrected chi connectivity index (χ3v) is 4.70. The predicted octanol–water partition coefficient (Wildman–Crippen LogP) is 3.64. The van der Waals surface area contributed by atoms with Gasteiger partial charge in [-0.25, -0.2) is 0 Å². The average molecular weight is 352 g/mol. The number of rotatable bonds is 4. The standard InChI is InChI=1S/C19H16N2O3S/c22-17-11-7-10-16(14-17)20-19(15-8-3-1-4-9-15)21-25(23,24)18-12-5-2-6-13-18/h1-14,22H,(H,20,21). The van der Waals surface area contributed by atoms with Gasteiger partial charge in [0.15, 0.2) is 5.84 Å². The second-order valence-electron chi connectivity index (χ2n) is 5.27. The van der Waals surface area contributed by atoms with Crippen LogP contribution in [0.5, 0.6) is 5.75 Å². The fraction of sp³-hybridized carbons (Fsp3) is 0. The first-order chi connectivity index (χ1) is 12.0. The van der Waals surface area contributed by atoms with E-state index in [0.717, 1.165) is 0 Å². The van der Waals surface area contributed by atoms with Gasteiger partial charge in [-0.05, 0) is 24.3 Å². The van der Waals surface area contributed by atoms with Gasteiger partial charge in [0.1, 0.15) is 5.75 Å². The molecule has 25 heavy (non-hydrogen) atoms. The minimum absolute atomic E-state index is 0.0725. The zero-order chi connectivity index (χ0) is 17.7. The molecule has 3 rings (SSSR count). The van der Waals surface area contributed by atoms with E-state index >= 15 is 0 Å². The molecule has 0 saturated heterocycles. The lowest BCUT2D eigenvalue weighted by Gasteiger charge is -2.11. The Balaban J connectivity index is 2.05. The summed E-state index contributed by atoms with van der Waals surface area (Å²) in [5.41, 5.74) is 1.15. The molecular weight excluding hydrogens is 336 g/mol. The number of nitrogens with one attached hydrogen (secondary N) is 1. The number of phenolic OH excluding ortho intramolecular Hbond substituents is 1. The molecule has 0 spiro atoms. The summed E-state index contributed by atoms with van der Waals surface area (Å²) in [6.45, 7) is 0. The average Bonchev–Trinajstić information content (AvgIpc) is 2.63. The number of hydrogen-bond acceptors (Lipinski definition) is 3. The highest BCUT2D eigenvalue weighted by molar-refractivity contribution is 7.90. The highest BCUT2D eigenvalue weighted by Crippen LogP contribution is 2.18. The van der Waals surface area contributed by atoms with Gasteiger partial charge in [0.2, 0.25) is 0 Å². The van der Waals surface area contributed by atoms with Gasteiger partial charge in [0.25, 0.3) is 10.0 Å². The van der Waals surface area contributed by atoms with Crippen molar-refractivity contribution in [2.75, 3.05) is 5.32 Å². The molecule has 0 heterocycles. The number of phenols is 1. The Kier molecular flexibility index (Phi) is 4.81. The summed E-state index contributed by atoms with van der Waals surface area (Å²) in [6.07, 6.45) is 0. The number of benzene rings is 3. The van der Waals surface area contributed by atoms with Crippen LogP contribution in [-0.4, -0.2) is 19.4 Å². The summed E-state index contributed by atoms with van der Waals surface area (Å²) in [5, 5.41) is 12.6. The summed E-state index contributed by atoms with van der Waals surface area (Å²) in [7, 11) is -3.87. The van der Waals surface area contributed by atoms with Crippen LogP contribution in [0.1, 0.15) is 5.56 Å². The van der Waals surface area contributed by atoms with Gasteiger partial charge in [-0.1, -0.05) is 54.6 Å². The van der Waals surface area contributed by atoms with Crippen LogP contribution in [0.4, 0.5) is 5.69 Å². The van der Waals surface area contributed by atoms with Crippen LogP contribution in [-0.2, 0) is 10.0 Å². The van der Waals surface area contributed by atoms with Crippen molar-refractivity contribution >= 4 is 21.5 Å². The molecule has 0 amide bonds. The molecule has 0 saturated carbocycles. The molecule has 0 atom stereocenters. The SMILES string of the molecule is O=S(=O)(/N=C(\Nc1cccc(O)c1)c1ccccc1)c1ccccc1. The largest absolute Gasteiger partial charge is 0.508 e. The van der Waals surface area contributed by atoms with Gasteiger partial charge < -0.3 is 10.4 Å². The van der Waals surface area contributed by atoms with Crippen molar-refractivity contribution in [3.05, 3.63) is 90.5 Å². The third kappa shape index (κ3) is 4.24. The normalized spacial score (nSPS) is 11.9. The number of nitrogens with zero attached hydrogens (tertiary/aromatic N) is 1. The van der Waals surface area contributed by atoms with Crippen LogP contribution in [0, 0.1) is 0 Å². The van der Waals surface area contributed by atoms with Crippen molar-refractivity contribution in [2.24, 2.45) is 4.40 Å². The second-order valence-corrected chi connectivity index (χ2v) is 6.87. The molecule has 0 aromatic heterocycles. The number of amidine groups is 1. The number of sulfonamides is 1. The number of anilines is 1. The van der Waals surface area contributed by atoms with Crippen LogP contribution in [0.2, 0.25) is 0 Å². The molecule has 0 aliphatic carbocycles. The molecular formula is C19H16N2O3S. The van der Waals surface area contributed by atoms with E-state index in [2.05, 4.69) is 9.71 Å². The van der Waals surface area contributed by atoms with E-state index in [9.17, 15) is 13.5 Å². The van der Waals surface area contributed by atoms with E-state index in [1.54, 1.807) is 54.6 Å². The molecule has 3 aromatic carbocycles. The van der Waals surface area contributed by atoms with Crippen LogP contribution in [0.25, 0.3) is 0 Å². The fourth-order valence-electron chi connectivity index (χ4n) is 2.23. The predicted molar refractivity (Wildman–Crippen MR) is 98.3 cm³/mol. The highest BCUT2D eigenvalue weighted by atomic mass is 32.2. The lowest BCUT2D eigenvalue weighted by Crippen LogP contribution is -2.16. The molecule has 126 valence electrons.